The fourth-order valence-corrected chi connectivity index (χ4v) is 1.11. The number of esters is 1. The summed E-state index contributed by atoms with van der Waals surface area (Å²) in [5, 5.41) is 25.3. The Labute approximate surface area is 112 Å². The van der Waals surface area contributed by atoms with Gasteiger partial charge in [0.25, 0.3) is 5.78 Å². The maximum atomic E-state index is 11.4. The van der Waals surface area contributed by atoms with Gasteiger partial charge < -0.3 is 25.8 Å². The van der Waals surface area contributed by atoms with Crippen LogP contribution in [0.5, 0.6) is 0 Å². The number of carboxylic acids is 3. The molecule has 0 saturated heterocycles. The van der Waals surface area contributed by atoms with Gasteiger partial charge in [-0.3, -0.25) is 19.2 Å². The third-order valence-electron chi connectivity index (χ3n) is 2.09. The number of carbonyl (C=O) groups is 5. The Bertz CT molecular complexity index is 430. The molecule has 0 aromatic heterocycles. The lowest BCUT2D eigenvalue weighted by Gasteiger charge is -2.16. The Morgan fingerprint density at radius 2 is 1.55 bits per heavy atom. The van der Waals surface area contributed by atoms with Crippen LogP contribution in [0.2, 0.25) is 0 Å². The van der Waals surface area contributed by atoms with E-state index in [0.717, 1.165) is 0 Å². The van der Waals surface area contributed by atoms with Crippen molar-refractivity contribution in [3.63, 3.8) is 0 Å². The maximum Gasteiger partial charge on any atom is 0.376 e. The third kappa shape index (κ3) is 6.44. The molecule has 112 valence electrons. The first-order chi connectivity index (χ1) is 9.15. The van der Waals surface area contributed by atoms with Crippen molar-refractivity contribution in [2.24, 2.45) is 5.73 Å². The fourth-order valence-electron chi connectivity index (χ4n) is 1.11. The van der Waals surface area contributed by atoms with Crippen molar-refractivity contribution in [1.29, 1.82) is 0 Å². The first kappa shape index (κ1) is 17.5. The second kappa shape index (κ2) is 7.84. The molecule has 10 heteroatoms. The summed E-state index contributed by atoms with van der Waals surface area (Å²) in [6.07, 6.45) is -3.77. The first-order valence-corrected chi connectivity index (χ1v) is 5.32. The Balaban J connectivity index is 4.67. The summed E-state index contributed by atoms with van der Waals surface area (Å²) >= 11 is 0. The zero-order valence-electron chi connectivity index (χ0n) is 10.1. The number of hydrogen-bond donors (Lipinski definition) is 4. The van der Waals surface area contributed by atoms with E-state index in [1.54, 1.807) is 0 Å². The fraction of sp³-hybridized carbons (Fsp3) is 0.500. The normalized spacial score (nSPS) is 13.1. The summed E-state index contributed by atoms with van der Waals surface area (Å²) < 4.78 is 4.41. The maximum absolute atomic E-state index is 11.4. The highest BCUT2D eigenvalue weighted by Gasteiger charge is 2.32. The van der Waals surface area contributed by atoms with E-state index in [1.807, 2.05) is 0 Å². The van der Waals surface area contributed by atoms with E-state index in [4.69, 9.17) is 21.1 Å². The van der Waals surface area contributed by atoms with Crippen LogP contribution in [0.4, 0.5) is 0 Å². The summed E-state index contributed by atoms with van der Waals surface area (Å²) in [6.45, 7) is 0. The Kier molecular flexibility index (Phi) is 6.86. The number of nitrogens with two attached hydrogens (primary N) is 1. The molecule has 5 N–H and O–H groups in total. The molecule has 0 radical (unpaired) electrons. The number of aliphatic carboxylic acids is 3. The number of ether oxygens (including phenoxy) is 1. The molecule has 2 unspecified atom stereocenters. The zero-order valence-corrected chi connectivity index (χ0v) is 10.1. The zero-order chi connectivity index (χ0) is 15.9. The van der Waals surface area contributed by atoms with Crippen molar-refractivity contribution < 1.29 is 44.0 Å². The highest BCUT2D eigenvalue weighted by Crippen LogP contribution is 2.06. The van der Waals surface area contributed by atoms with Gasteiger partial charge in [-0.15, -0.1) is 0 Å². The molecule has 0 fully saturated rings. The van der Waals surface area contributed by atoms with Gasteiger partial charge in [-0.05, 0) is 6.42 Å². The van der Waals surface area contributed by atoms with Crippen LogP contribution in [-0.2, 0) is 28.7 Å². The highest BCUT2D eigenvalue weighted by molar-refractivity contribution is 6.35. The standard InChI is InChI=1S/C10H13NO9/c11-4(1-2-6(12)13)10(19)20-5(3-7(14)15)8(16)9(17)18/h4-5H,1-3,11H2,(H,12,13)(H,14,15)(H,17,18). The lowest BCUT2D eigenvalue weighted by Crippen LogP contribution is -2.40. The lowest BCUT2D eigenvalue weighted by atomic mass is 10.1. The Morgan fingerprint density at radius 1 is 1.00 bits per heavy atom. The van der Waals surface area contributed by atoms with Crippen LogP contribution in [0.3, 0.4) is 0 Å². The second-order valence-electron chi connectivity index (χ2n) is 3.73. The molecule has 0 aliphatic carbocycles. The van der Waals surface area contributed by atoms with Gasteiger partial charge in [-0.25, -0.2) is 4.79 Å². The van der Waals surface area contributed by atoms with Gasteiger partial charge in [-0.2, -0.15) is 0 Å². The molecule has 0 aliphatic heterocycles. The van der Waals surface area contributed by atoms with Crippen LogP contribution in [0.15, 0.2) is 0 Å². The topological polar surface area (TPSA) is 181 Å². The Hall–Kier alpha value is -2.49. The van der Waals surface area contributed by atoms with Crippen molar-refractivity contribution in [3.8, 4) is 0 Å². The minimum atomic E-state index is -2.01. The first-order valence-electron chi connectivity index (χ1n) is 5.32. The minimum absolute atomic E-state index is 0.296. The monoisotopic (exact) mass is 291 g/mol. The molecule has 0 heterocycles. The average Bonchev–Trinajstić information content (AvgIpc) is 2.33. The van der Waals surface area contributed by atoms with E-state index in [0.29, 0.717) is 0 Å². The molecule has 0 rings (SSSR count). The molecule has 0 spiro atoms. The van der Waals surface area contributed by atoms with Gasteiger partial charge in [0.1, 0.15) is 6.04 Å². The van der Waals surface area contributed by atoms with Crippen molar-refractivity contribution in [2.75, 3.05) is 0 Å². The van der Waals surface area contributed by atoms with Gasteiger partial charge in [-0.1, -0.05) is 0 Å². The van der Waals surface area contributed by atoms with Crippen LogP contribution in [-0.4, -0.2) is 57.1 Å². The molecule has 0 aromatic carbocycles. The molecule has 0 aromatic rings. The van der Waals surface area contributed by atoms with Crippen molar-refractivity contribution in [3.05, 3.63) is 0 Å². The van der Waals surface area contributed by atoms with Gasteiger partial charge in [0, 0.05) is 6.42 Å². The Morgan fingerprint density at radius 3 is 1.95 bits per heavy atom. The summed E-state index contributed by atoms with van der Waals surface area (Å²) in [4.78, 5) is 53.7. The molecule has 0 aliphatic rings. The average molecular weight is 291 g/mol. The van der Waals surface area contributed by atoms with Crippen LogP contribution >= 0.6 is 0 Å². The molecular formula is C10H13NO9. The van der Waals surface area contributed by atoms with Gasteiger partial charge >= 0.3 is 23.9 Å². The van der Waals surface area contributed by atoms with E-state index in [-0.39, 0.29) is 6.42 Å². The van der Waals surface area contributed by atoms with Crippen molar-refractivity contribution in [2.45, 2.75) is 31.4 Å². The van der Waals surface area contributed by atoms with E-state index in [2.05, 4.69) is 4.74 Å². The van der Waals surface area contributed by atoms with E-state index < -0.39 is 54.6 Å². The molecule has 10 nitrogen and oxygen atoms in total. The quantitative estimate of drug-likeness (QED) is 0.280. The number of carboxylic acid groups (broad SMARTS) is 3. The highest BCUT2D eigenvalue weighted by atomic mass is 16.6. The SMILES string of the molecule is NC(CCC(=O)O)C(=O)OC(CC(=O)O)C(=O)C(=O)O. The molecule has 0 amide bonds. The van der Waals surface area contributed by atoms with Crippen molar-refractivity contribution >= 4 is 29.7 Å². The number of hydrogen-bond acceptors (Lipinski definition) is 7. The number of Topliss-reactive ketones (excluding diaryl/α,β-unsaturated/α-hetero) is 1. The van der Waals surface area contributed by atoms with E-state index in [1.165, 1.54) is 0 Å². The largest absolute Gasteiger partial charge is 0.481 e. The summed E-state index contributed by atoms with van der Waals surface area (Å²) in [5.74, 6) is -7.56. The summed E-state index contributed by atoms with van der Waals surface area (Å²) in [7, 11) is 0. The van der Waals surface area contributed by atoms with Crippen LogP contribution < -0.4 is 5.73 Å². The summed E-state index contributed by atoms with van der Waals surface area (Å²) in [6, 6.07) is -1.40. The van der Waals surface area contributed by atoms with Crippen LogP contribution in [0.1, 0.15) is 19.3 Å². The number of ketones is 1. The minimum Gasteiger partial charge on any atom is -0.481 e. The van der Waals surface area contributed by atoms with Crippen molar-refractivity contribution in [1.82, 2.24) is 0 Å². The third-order valence-corrected chi connectivity index (χ3v) is 2.09. The van der Waals surface area contributed by atoms with E-state index in [9.17, 15) is 24.0 Å². The summed E-state index contributed by atoms with van der Waals surface area (Å²) in [5.41, 5.74) is 5.28. The van der Waals surface area contributed by atoms with Gasteiger partial charge in [0.2, 0.25) is 0 Å². The van der Waals surface area contributed by atoms with Crippen LogP contribution in [0.25, 0.3) is 0 Å². The predicted molar refractivity (Wildman–Crippen MR) is 59.6 cm³/mol. The van der Waals surface area contributed by atoms with Gasteiger partial charge in [0.15, 0.2) is 6.10 Å². The number of rotatable bonds is 9. The molecule has 0 saturated carbocycles. The molecule has 2 atom stereocenters. The smallest absolute Gasteiger partial charge is 0.376 e. The molecule has 20 heavy (non-hydrogen) atoms. The molecule has 0 bridgehead atoms. The van der Waals surface area contributed by atoms with Gasteiger partial charge in [0.05, 0.1) is 6.42 Å². The predicted octanol–water partition coefficient (Wildman–Crippen LogP) is -1.78. The molecular weight excluding hydrogens is 278 g/mol. The lowest BCUT2D eigenvalue weighted by molar-refractivity contribution is -0.165. The number of carbonyl (C=O) groups excluding carboxylic acids is 2. The van der Waals surface area contributed by atoms with E-state index >= 15 is 0 Å². The second-order valence-corrected chi connectivity index (χ2v) is 3.73. The van der Waals surface area contributed by atoms with Crippen LogP contribution in [0, 0.1) is 0 Å².